The topological polar surface area (TPSA) is 67.4 Å². The van der Waals surface area contributed by atoms with Crippen LogP contribution in [0.3, 0.4) is 0 Å². The van der Waals surface area contributed by atoms with Gasteiger partial charge in [0, 0.05) is 13.1 Å². The lowest BCUT2D eigenvalue weighted by molar-refractivity contribution is 0.102. The number of rotatable bonds is 3. The van der Waals surface area contributed by atoms with Gasteiger partial charge in [-0.05, 0) is 12.1 Å². The molecule has 6 nitrogen and oxygen atoms in total. The van der Waals surface area contributed by atoms with Crippen LogP contribution >= 0.6 is 11.6 Å². The number of benzene rings is 1. The highest BCUT2D eigenvalue weighted by Gasteiger charge is 2.14. The van der Waals surface area contributed by atoms with Crippen molar-refractivity contribution in [2.75, 3.05) is 36.5 Å². The zero-order chi connectivity index (χ0) is 15.4. The number of anilines is 2. The number of hydrogen-bond acceptors (Lipinski definition) is 5. The van der Waals surface area contributed by atoms with Gasteiger partial charge in [-0.15, -0.1) is 0 Å². The molecule has 0 atom stereocenters. The van der Waals surface area contributed by atoms with Gasteiger partial charge >= 0.3 is 0 Å². The van der Waals surface area contributed by atoms with Crippen molar-refractivity contribution in [2.24, 2.45) is 0 Å². The first-order valence-electron chi connectivity index (χ1n) is 6.94. The number of carbonyl (C=O) groups is 1. The minimum absolute atomic E-state index is 0.284. The van der Waals surface area contributed by atoms with Crippen LogP contribution in [-0.2, 0) is 4.74 Å². The number of amides is 1. The van der Waals surface area contributed by atoms with E-state index in [1.807, 2.05) is 4.90 Å². The van der Waals surface area contributed by atoms with Crippen LogP contribution in [0.5, 0.6) is 0 Å². The van der Waals surface area contributed by atoms with Gasteiger partial charge < -0.3 is 15.0 Å². The standard InChI is InChI=1S/C15H15ClN4O2/c16-13-4-2-1-3-12(13)14(21)19-11-9-17-15(18-10-11)20-5-7-22-8-6-20/h1-4,9-10H,5-8H2,(H,19,21). The van der Waals surface area contributed by atoms with E-state index < -0.39 is 0 Å². The molecule has 0 unspecified atom stereocenters. The zero-order valence-electron chi connectivity index (χ0n) is 11.8. The van der Waals surface area contributed by atoms with E-state index in [9.17, 15) is 4.79 Å². The average molecular weight is 319 g/mol. The third kappa shape index (κ3) is 3.35. The van der Waals surface area contributed by atoms with E-state index in [1.165, 1.54) is 0 Å². The molecule has 0 saturated carbocycles. The number of carbonyl (C=O) groups excluding carboxylic acids is 1. The Hall–Kier alpha value is -2.18. The maximum absolute atomic E-state index is 12.1. The Labute approximate surface area is 133 Å². The smallest absolute Gasteiger partial charge is 0.257 e. The van der Waals surface area contributed by atoms with Crippen LogP contribution in [0.1, 0.15) is 10.4 Å². The Balaban J connectivity index is 1.68. The van der Waals surface area contributed by atoms with E-state index in [1.54, 1.807) is 36.7 Å². The minimum Gasteiger partial charge on any atom is -0.378 e. The number of nitrogens with zero attached hydrogens (tertiary/aromatic N) is 3. The summed E-state index contributed by atoms with van der Waals surface area (Å²) in [6, 6.07) is 6.88. The van der Waals surface area contributed by atoms with Crippen LogP contribution in [0.15, 0.2) is 36.7 Å². The van der Waals surface area contributed by atoms with Gasteiger partial charge in [0.15, 0.2) is 0 Å². The fraction of sp³-hybridized carbons (Fsp3) is 0.267. The normalized spacial score (nSPS) is 14.7. The van der Waals surface area contributed by atoms with E-state index in [0.717, 1.165) is 13.1 Å². The van der Waals surface area contributed by atoms with Gasteiger partial charge in [0.1, 0.15) is 0 Å². The molecular formula is C15H15ClN4O2. The predicted molar refractivity (Wildman–Crippen MR) is 84.5 cm³/mol. The molecule has 0 aliphatic carbocycles. The molecule has 1 aliphatic heterocycles. The number of ether oxygens (including phenoxy) is 1. The second-order valence-electron chi connectivity index (χ2n) is 4.81. The fourth-order valence-corrected chi connectivity index (χ4v) is 2.38. The maximum atomic E-state index is 12.1. The Morgan fingerprint density at radius 1 is 1.18 bits per heavy atom. The van der Waals surface area contributed by atoms with Crippen molar-refractivity contribution < 1.29 is 9.53 Å². The summed E-state index contributed by atoms with van der Waals surface area (Å²) >= 11 is 6.00. The van der Waals surface area contributed by atoms with Crippen LogP contribution in [0.2, 0.25) is 5.02 Å². The fourth-order valence-electron chi connectivity index (χ4n) is 2.16. The van der Waals surface area contributed by atoms with E-state index in [0.29, 0.717) is 35.4 Å². The summed E-state index contributed by atoms with van der Waals surface area (Å²) in [5.74, 6) is 0.354. The molecule has 7 heteroatoms. The highest BCUT2D eigenvalue weighted by Crippen LogP contribution is 2.17. The summed E-state index contributed by atoms with van der Waals surface area (Å²) in [5, 5.41) is 3.15. The van der Waals surface area contributed by atoms with Crippen molar-refractivity contribution in [1.29, 1.82) is 0 Å². The molecule has 1 saturated heterocycles. The molecule has 1 N–H and O–H groups in total. The molecule has 2 heterocycles. The van der Waals surface area contributed by atoms with Gasteiger partial charge in [-0.1, -0.05) is 23.7 Å². The highest BCUT2D eigenvalue weighted by atomic mass is 35.5. The summed E-state index contributed by atoms with van der Waals surface area (Å²) < 4.78 is 5.29. The number of halogens is 1. The second-order valence-corrected chi connectivity index (χ2v) is 5.21. The summed E-state index contributed by atoms with van der Waals surface area (Å²) in [7, 11) is 0. The van der Waals surface area contributed by atoms with Crippen molar-refractivity contribution in [3.8, 4) is 0 Å². The number of nitrogens with one attached hydrogen (secondary N) is 1. The maximum Gasteiger partial charge on any atom is 0.257 e. The van der Waals surface area contributed by atoms with Gasteiger partial charge in [-0.2, -0.15) is 0 Å². The van der Waals surface area contributed by atoms with Gasteiger partial charge in [0.2, 0.25) is 5.95 Å². The van der Waals surface area contributed by atoms with Gasteiger partial charge in [-0.25, -0.2) is 9.97 Å². The molecule has 2 aromatic rings. The Morgan fingerprint density at radius 2 is 1.86 bits per heavy atom. The predicted octanol–water partition coefficient (Wildman–Crippen LogP) is 2.22. The third-order valence-corrected chi connectivity index (χ3v) is 3.64. The first-order valence-corrected chi connectivity index (χ1v) is 7.32. The Kier molecular flexibility index (Phi) is 4.50. The summed E-state index contributed by atoms with van der Waals surface area (Å²) in [6.07, 6.45) is 3.18. The molecular weight excluding hydrogens is 304 g/mol. The van der Waals surface area contributed by atoms with Crippen LogP contribution < -0.4 is 10.2 Å². The monoisotopic (exact) mass is 318 g/mol. The van der Waals surface area contributed by atoms with Crippen LogP contribution in [0.4, 0.5) is 11.6 Å². The number of hydrogen-bond donors (Lipinski definition) is 1. The second kappa shape index (κ2) is 6.72. The highest BCUT2D eigenvalue weighted by molar-refractivity contribution is 6.34. The zero-order valence-corrected chi connectivity index (χ0v) is 12.6. The lowest BCUT2D eigenvalue weighted by Gasteiger charge is -2.26. The molecule has 1 aromatic carbocycles. The van der Waals surface area contributed by atoms with Gasteiger partial charge in [0.25, 0.3) is 5.91 Å². The van der Waals surface area contributed by atoms with E-state index in [2.05, 4.69) is 15.3 Å². The number of morpholine rings is 1. The molecule has 1 aliphatic rings. The molecule has 114 valence electrons. The van der Waals surface area contributed by atoms with Crippen molar-refractivity contribution in [2.45, 2.75) is 0 Å². The summed E-state index contributed by atoms with van der Waals surface area (Å²) in [4.78, 5) is 22.8. The lowest BCUT2D eigenvalue weighted by atomic mass is 10.2. The quantitative estimate of drug-likeness (QED) is 0.940. The van der Waals surface area contributed by atoms with E-state index in [4.69, 9.17) is 16.3 Å². The summed E-state index contributed by atoms with van der Waals surface area (Å²) in [6.45, 7) is 2.89. The van der Waals surface area contributed by atoms with Gasteiger partial charge in [0.05, 0.1) is 41.9 Å². The lowest BCUT2D eigenvalue weighted by Crippen LogP contribution is -2.37. The van der Waals surface area contributed by atoms with Crippen LogP contribution in [-0.4, -0.2) is 42.2 Å². The van der Waals surface area contributed by atoms with E-state index >= 15 is 0 Å². The molecule has 1 aromatic heterocycles. The molecule has 3 rings (SSSR count). The first-order chi connectivity index (χ1) is 10.7. The van der Waals surface area contributed by atoms with Crippen molar-refractivity contribution in [3.05, 3.63) is 47.2 Å². The van der Waals surface area contributed by atoms with Crippen molar-refractivity contribution >= 4 is 29.1 Å². The molecule has 0 bridgehead atoms. The molecule has 0 spiro atoms. The molecule has 1 amide bonds. The SMILES string of the molecule is O=C(Nc1cnc(N2CCOCC2)nc1)c1ccccc1Cl. The van der Waals surface area contributed by atoms with Crippen molar-refractivity contribution in [1.82, 2.24) is 9.97 Å². The number of aromatic nitrogens is 2. The molecule has 1 fully saturated rings. The van der Waals surface area contributed by atoms with Crippen LogP contribution in [0, 0.1) is 0 Å². The molecule has 0 radical (unpaired) electrons. The van der Waals surface area contributed by atoms with Crippen LogP contribution in [0.25, 0.3) is 0 Å². The Morgan fingerprint density at radius 3 is 2.55 bits per heavy atom. The summed E-state index contributed by atoms with van der Waals surface area (Å²) in [5.41, 5.74) is 0.948. The third-order valence-electron chi connectivity index (χ3n) is 3.31. The van der Waals surface area contributed by atoms with Crippen molar-refractivity contribution in [3.63, 3.8) is 0 Å². The minimum atomic E-state index is -0.284. The molecule has 22 heavy (non-hydrogen) atoms. The van der Waals surface area contributed by atoms with E-state index in [-0.39, 0.29) is 5.91 Å². The Bertz CT molecular complexity index is 657. The largest absolute Gasteiger partial charge is 0.378 e. The first kappa shape index (κ1) is 14.7. The van der Waals surface area contributed by atoms with Gasteiger partial charge in [-0.3, -0.25) is 4.79 Å². The average Bonchev–Trinajstić information content (AvgIpc) is 2.57.